The van der Waals surface area contributed by atoms with Crippen molar-refractivity contribution < 1.29 is 24.3 Å². The largest absolute Gasteiger partial charge is 0.480 e. The number of amides is 3. The SMILES string of the molecule is CC[C@H](C)[C@@H]1NC(=O)c2ccccc2C1=CC(=O)N[C@H](C(=O)N[C@@](C)(Cc1ccccc1)C(=O)O)C(C)C. The molecule has 4 N–H and O–H groups in total. The number of carbonyl (C=O) groups excluding carboxylic acids is 3. The molecule has 8 nitrogen and oxygen atoms in total. The summed E-state index contributed by atoms with van der Waals surface area (Å²) >= 11 is 0. The van der Waals surface area contributed by atoms with Gasteiger partial charge in [0, 0.05) is 18.1 Å². The molecule has 1 heterocycles. The second-order valence-electron chi connectivity index (χ2n) is 10.5. The normalized spacial score (nSPS) is 19.1. The van der Waals surface area contributed by atoms with Crippen molar-refractivity contribution in [1.29, 1.82) is 0 Å². The van der Waals surface area contributed by atoms with Crippen molar-refractivity contribution in [2.45, 2.75) is 65.1 Å². The summed E-state index contributed by atoms with van der Waals surface area (Å²) in [5.41, 5.74) is 1.05. The van der Waals surface area contributed by atoms with E-state index < -0.39 is 29.4 Å². The van der Waals surface area contributed by atoms with Crippen molar-refractivity contribution in [3.05, 3.63) is 77.4 Å². The molecule has 1 aliphatic rings. The third-order valence-corrected chi connectivity index (χ3v) is 7.12. The van der Waals surface area contributed by atoms with Gasteiger partial charge in [-0.1, -0.05) is 82.6 Å². The lowest BCUT2D eigenvalue weighted by Crippen LogP contribution is -2.60. The first-order chi connectivity index (χ1) is 18.0. The van der Waals surface area contributed by atoms with Gasteiger partial charge in [0.15, 0.2) is 0 Å². The number of aliphatic carboxylic acids is 1. The van der Waals surface area contributed by atoms with Crippen molar-refractivity contribution >= 4 is 29.3 Å². The zero-order valence-corrected chi connectivity index (χ0v) is 22.6. The minimum Gasteiger partial charge on any atom is -0.480 e. The lowest BCUT2D eigenvalue weighted by Gasteiger charge is -2.33. The maximum atomic E-state index is 13.3. The average Bonchev–Trinajstić information content (AvgIpc) is 2.88. The average molecular weight is 520 g/mol. The Morgan fingerprint density at radius 2 is 1.63 bits per heavy atom. The third kappa shape index (κ3) is 6.49. The van der Waals surface area contributed by atoms with Crippen LogP contribution in [0, 0.1) is 11.8 Å². The van der Waals surface area contributed by atoms with Crippen molar-refractivity contribution in [1.82, 2.24) is 16.0 Å². The fourth-order valence-electron chi connectivity index (χ4n) is 4.65. The smallest absolute Gasteiger partial charge is 0.329 e. The molecule has 1 aliphatic heterocycles. The van der Waals surface area contributed by atoms with Gasteiger partial charge in [0.05, 0.1) is 6.04 Å². The number of benzene rings is 2. The van der Waals surface area contributed by atoms with E-state index in [1.807, 2.05) is 44.2 Å². The highest BCUT2D eigenvalue weighted by Gasteiger charge is 2.38. The molecule has 0 aliphatic carbocycles. The molecule has 0 aromatic heterocycles. The highest BCUT2D eigenvalue weighted by molar-refractivity contribution is 6.07. The van der Waals surface area contributed by atoms with Gasteiger partial charge in [-0.3, -0.25) is 14.4 Å². The van der Waals surface area contributed by atoms with Crippen LogP contribution in [0.1, 0.15) is 62.5 Å². The summed E-state index contributed by atoms with van der Waals surface area (Å²) in [5, 5.41) is 18.4. The molecule has 4 atom stereocenters. The van der Waals surface area contributed by atoms with E-state index in [0.717, 1.165) is 12.0 Å². The molecule has 0 unspecified atom stereocenters. The molecule has 0 radical (unpaired) electrons. The van der Waals surface area contributed by atoms with Crippen LogP contribution in [0.3, 0.4) is 0 Å². The van der Waals surface area contributed by atoms with Gasteiger partial charge < -0.3 is 21.1 Å². The Morgan fingerprint density at radius 3 is 2.21 bits per heavy atom. The zero-order valence-electron chi connectivity index (χ0n) is 22.6. The highest BCUT2D eigenvalue weighted by atomic mass is 16.4. The van der Waals surface area contributed by atoms with E-state index >= 15 is 0 Å². The number of carboxylic acids is 1. The maximum Gasteiger partial charge on any atom is 0.329 e. The molecule has 0 saturated heterocycles. The predicted molar refractivity (Wildman–Crippen MR) is 146 cm³/mol. The lowest BCUT2D eigenvalue weighted by atomic mass is 9.82. The lowest BCUT2D eigenvalue weighted by molar-refractivity contribution is -0.147. The van der Waals surface area contributed by atoms with Gasteiger partial charge in [-0.2, -0.15) is 0 Å². The van der Waals surface area contributed by atoms with Crippen LogP contribution in [0.15, 0.2) is 60.7 Å². The van der Waals surface area contributed by atoms with Crippen LogP contribution in [0.4, 0.5) is 0 Å². The summed E-state index contributed by atoms with van der Waals surface area (Å²) in [6.45, 7) is 9.05. The maximum absolute atomic E-state index is 13.3. The highest BCUT2D eigenvalue weighted by Crippen LogP contribution is 2.31. The van der Waals surface area contributed by atoms with Crippen LogP contribution in [-0.2, 0) is 20.8 Å². The Balaban J connectivity index is 1.86. The Kier molecular flexibility index (Phi) is 9.09. The van der Waals surface area contributed by atoms with Crippen LogP contribution in [-0.4, -0.2) is 46.4 Å². The molecule has 0 spiro atoms. The molecule has 3 rings (SSSR count). The second kappa shape index (κ2) is 12.1. The molecule has 2 aromatic carbocycles. The van der Waals surface area contributed by atoms with Crippen molar-refractivity contribution in [2.24, 2.45) is 11.8 Å². The quantitative estimate of drug-likeness (QED) is 0.357. The number of nitrogens with one attached hydrogen (secondary N) is 3. The standard InChI is InChI=1S/C30H37N3O5/c1-6-19(4)26-23(21-14-10-11-15-22(21)27(35)32-26)16-24(34)31-25(18(2)3)28(36)33-30(5,29(37)38)17-20-12-8-7-9-13-20/h7-16,18-19,25-26H,6,17H2,1-5H3,(H,31,34)(H,32,35)(H,33,36)(H,37,38)/t19-,25-,26-,30-/m0/s1. The van der Waals surface area contributed by atoms with Gasteiger partial charge in [0.25, 0.3) is 5.91 Å². The van der Waals surface area contributed by atoms with Gasteiger partial charge in [-0.05, 0) is 41.5 Å². The van der Waals surface area contributed by atoms with E-state index in [1.165, 1.54) is 13.0 Å². The molecular formula is C30H37N3O5. The van der Waals surface area contributed by atoms with E-state index in [1.54, 1.807) is 38.1 Å². The minimum atomic E-state index is -1.57. The van der Waals surface area contributed by atoms with Gasteiger partial charge in [-0.15, -0.1) is 0 Å². The third-order valence-electron chi connectivity index (χ3n) is 7.12. The van der Waals surface area contributed by atoms with Gasteiger partial charge in [0.1, 0.15) is 11.6 Å². The molecule has 38 heavy (non-hydrogen) atoms. The molecule has 3 amide bonds. The molecule has 0 fully saturated rings. The molecule has 0 saturated carbocycles. The van der Waals surface area contributed by atoms with Crippen LogP contribution in [0.25, 0.3) is 5.57 Å². The summed E-state index contributed by atoms with van der Waals surface area (Å²) in [6, 6.07) is 14.8. The van der Waals surface area contributed by atoms with Crippen molar-refractivity contribution in [2.75, 3.05) is 0 Å². The van der Waals surface area contributed by atoms with E-state index in [9.17, 15) is 24.3 Å². The molecule has 2 aromatic rings. The predicted octanol–water partition coefficient (Wildman–Crippen LogP) is 3.57. The second-order valence-corrected chi connectivity index (χ2v) is 10.5. The van der Waals surface area contributed by atoms with Gasteiger partial charge in [-0.25, -0.2) is 4.79 Å². The van der Waals surface area contributed by atoms with Crippen molar-refractivity contribution in [3.63, 3.8) is 0 Å². The van der Waals surface area contributed by atoms with Crippen LogP contribution in [0.5, 0.6) is 0 Å². The first-order valence-corrected chi connectivity index (χ1v) is 13.0. The monoisotopic (exact) mass is 519 g/mol. The summed E-state index contributed by atoms with van der Waals surface area (Å²) in [5.74, 6) is -2.66. The zero-order chi connectivity index (χ0) is 28.0. The fourth-order valence-corrected chi connectivity index (χ4v) is 4.65. The van der Waals surface area contributed by atoms with Gasteiger partial charge >= 0.3 is 5.97 Å². The van der Waals surface area contributed by atoms with Crippen LogP contribution < -0.4 is 16.0 Å². The Bertz CT molecular complexity index is 1220. The van der Waals surface area contributed by atoms with E-state index in [4.69, 9.17) is 0 Å². The van der Waals surface area contributed by atoms with Crippen molar-refractivity contribution in [3.8, 4) is 0 Å². The summed E-state index contributed by atoms with van der Waals surface area (Å²) < 4.78 is 0. The fraction of sp³-hybridized carbons (Fsp3) is 0.400. The number of carboxylic acid groups (broad SMARTS) is 1. The Hall–Kier alpha value is -3.94. The molecule has 8 heteroatoms. The Labute approximate surface area is 223 Å². The first kappa shape index (κ1) is 28.6. The topological polar surface area (TPSA) is 125 Å². The molecule has 202 valence electrons. The van der Waals surface area contributed by atoms with E-state index in [-0.39, 0.29) is 30.2 Å². The number of hydrogen-bond acceptors (Lipinski definition) is 4. The summed E-state index contributed by atoms with van der Waals surface area (Å²) in [4.78, 5) is 51.4. The Morgan fingerprint density at radius 1 is 1.03 bits per heavy atom. The number of carbonyl (C=O) groups is 4. The summed E-state index contributed by atoms with van der Waals surface area (Å²) in [6.07, 6.45) is 2.32. The van der Waals surface area contributed by atoms with Crippen LogP contribution in [0.2, 0.25) is 0 Å². The number of rotatable bonds is 10. The molecular weight excluding hydrogens is 482 g/mol. The van der Waals surface area contributed by atoms with E-state index in [0.29, 0.717) is 16.7 Å². The van der Waals surface area contributed by atoms with Crippen LogP contribution >= 0.6 is 0 Å². The number of hydrogen-bond donors (Lipinski definition) is 4. The molecule has 0 bridgehead atoms. The summed E-state index contributed by atoms with van der Waals surface area (Å²) in [7, 11) is 0. The first-order valence-electron chi connectivity index (χ1n) is 13.0. The van der Waals surface area contributed by atoms with Gasteiger partial charge in [0.2, 0.25) is 11.8 Å². The van der Waals surface area contributed by atoms with E-state index in [2.05, 4.69) is 16.0 Å². The minimum absolute atomic E-state index is 0.0739. The number of fused-ring (bicyclic) bond motifs is 1.